The van der Waals surface area contributed by atoms with Crippen LogP contribution >= 0.6 is 12.4 Å². The number of hydrogen-bond donors (Lipinski definition) is 1. The Labute approximate surface area is 126 Å². The summed E-state index contributed by atoms with van der Waals surface area (Å²) in [6.07, 6.45) is 4.96. The van der Waals surface area contributed by atoms with Gasteiger partial charge in [-0.05, 0) is 56.2 Å². The molecule has 3 nitrogen and oxygen atoms in total. The van der Waals surface area contributed by atoms with Gasteiger partial charge in [0.2, 0.25) is 5.91 Å². The van der Waals surface area contributed by atoms with E-state index in [1.165, 1.54) is 11.1 Å². The topological polar surface area (TPSA) is 46.3 Å². The smallest absolute Gasteiger partial charge is 0.230 e. The van der Waals surface area contributed by atoms with Crippen molar-refractivity contribution in [2.75, 3.05) is 11.4 Å². The first kappa shape index (κ1) is 15.3. The van der Waals surface area contributed by atoms with E-state index in [1.807, 2.05) is 4.90 Å². The highest BCUT2D eigenvalue weighted by Crippen LogP contribution is 2.33. The third-order valence-corrected chi connectivity index (χ3v) is 4.45. The van der Waals surface area contributed by atoms with Gasteiger partial charge in [0.1, 0.15) is 0 Å². The molecule has 0 aromatic heterocycles. The van der Waals surface area contributed by atoms with Crippen molar-refractivity contribution in [3.63, 3.8) is 0 Å². The maximum Gasteiger partial charge on any atom is 0.230 e. The Morgan fingerprint density at radius 1 is 1.35 bits per heavy atom. The summed E-state index contributed by atoms with van der Waals surface area (Å²) >= 11 is 0. The van der Waals surface area contributed by atoms with Gasteiger partial charge in [0.25, 0.3) is 0 Å². The van der Waals surface area contributed by atoms with E-state index in [0.717, 1.165) is 44.3 Å². The molecule has 0 bridgehead atoms. The van der Waals surface area contributed by atoms with E-state index in [-0.39, 0.29) is 24.4 Å². The summed E-state index contributed by atoms with van der Waals surface area (Å²) in [6, 6.07) is 6.68. The van der Waals surface area contributed by atoms with Crippen LogP contribution in [0.15, 0.2) is 18.2 Å². The summed E-state index contributed by atoms with van der Waals surface area (Å²) in [5.74, 6) is 0.431. The van der Waals surface area contributed by atoms with Crippen LogP contribution in [-0.4, -0.2) is 18.5 Å². The molecule has 1 aliphatic carbocycles. The van der Waals surface area contributed by atoms with Gasteiger partial charge in [-0.1, -0.05) is 12.1 Å². The highest BCUT2D eigenvalue weighted by molar-refractivity contribution is 5.96. The number of carbonyl (C=O) groups is 1. The van der Waals surface area contributed by atoms with Gasteiger partial charge < -0.3 is 10.6 Å². The van der Waals surface area contributed by atoms with Crippen LogP contribution in [0.25, 0.3) is 0 Å². The number of carbonyl (C=O) groups excluding carboxylic acids is 1. The van der Waals surface area contributed by atoms with Crippen LogP contribution in [0, 0.1) is 12.8 Å². The van der Waals surface area contributed by atoms with Crippen molar-refractivity contribution in [3.05, 3.63) is 29.3 Å². The normalized spacial score (nSPS) is 25.0. The quantitative estimate of drug-likeness (QED) is 0.866. The van der Waals surface area contributed by atoms with Crippen LogP contribution in [0.5, 0.6) is 0 Å². The largest absolute Gasteiger partial charge is 0.328 e. The molecule has 1 aromatic rings. The van der Waals surface area contributed by atoms with Crippen LogP contribution in [0.2, 0.25) is 0 Å². The van der Waals surface area contributed by atoms with Gasteiger partial charge >= 0.3 is 0 Å². The molecule has 1 amide bonds. The van der Waals surface area contributed by atoms with Crippen molar-refractivity contribution in [2.45, 2.75) is 45.1 Å². The van der Waals surface area contributed by atoms with Gasteiger partial charge in [0.05, 0.1) is 0 Å². The van der Waals surface area contributed by atoms with Gasteiger partial charge in [0.15, 0.2) is 0 Å². The van der Waals surface area contributed by atoms with Crippen LogP contribution in [0.4, 0.5) is 5.69 Å². The van der Waals surface area contributed by atoms with Crippen molar-refractivity contribution in [1.29, 1.82) is 0 Å². The minimum atomic E-state index is 0. The van der Waals surface area contributed by atoms with E-state index in [2.05, 4.69) is 25.1 Å². The number of hydrogen-bond acceptors (Lipinski definition) is 2. The van der Waals surface area contributed by atoms with Crippen molar-refractivity contribution < 1.29 is 4.79 Å². The van der Waals surface area contributed by atoms with Gasteiger partial charge in [-0.2, -0.15) is 0 Å². The third-order valence-electron chi connectivity index (χ3n) is 4.45. The number of nitrogens with zero attached hydrogens (tertiary/aromatic N) is 1. The predicted octanol–water partition coefficient (Wildman–Crippen LogP) is 2.82. The number of aryl methyl sites for hydroxylation is 2. The lowest BCUT2D eigenvalue weighted by atomic mass is 9.97. The lowest BCUT2D eigenvalue weighted by Gasteiger charge is -2.31. The van der Waals surface area contributed by atoms with Crippen molar-refractivity contribution in [3.8, 4) is 0 Å². The van der Waals surface area contributed by atoms with Gasteiger partial charge in [-0.25, -0.2) is 0 Å². The Morgan fingerprint density at radius 2 is 2.15 bits per heavy atom. The number of anilines is 1. The molecular weight excluding hydrogens is 272 g/mol. The molecule has 4 heteroatoms. The van der Waals surface area contributed by atoms with Gasteiger partial charge in [0, 0.05) is 24.2 Å². The number of fused-ring (bicyclic) bond motifs is 1. The maximum absolute atomic E-state index is 12.7. The van der Waals surface area contributed by atoms with E-state index in [4.69, 9.17) is 5.73 Å². The number of halogens is 1. The second-order valence-corrected chi connectivity index (χ2v) is 6.00. The fraction of sp³-hybridized carbons (Fsp3) is 0.562. The summed E-state index contributed by atoms with van der Waals surface area (Å²) in [7, 11) is 0. The molecule has 1 aromatic carbocycles. The molecule has 2 unspecified atom stereocenters. The lowest BCUT2D eigenvalue weighted by Crippen LogP contribution is -2.39. The summed E-state index contributed by atoms with van der Waals surface area (Å²) in [5, 5.41) is 0. The van der Waals surface area contributed by atoms with E-state index in [9.17, 15) is 4.79 Å². The summed E-state index contributed by atoms with van der Waals surface area (Å²) in [6.45, 7) is 2.95. The van der Waals surface area contributed by atoms with E-state index >= 15 is 0 Å². The molecule has 2 atom stereocenters. The molecule has 1 fully saturated rings. The molecule has 1 aliphatic heterocycles. The van der Waals surface area contributed by atoms with E-state index < -0.39 is 0 Å². The molecule has 0 radical (unpaired) electrons. The Bertz CT molecular complexity index is 503. The molecule has 2 aliphatic rings. The van der Waals surface area contributed by atoms with Crippen LogP contribution in [0.3, 0.4) is 0 Å². The molecule has 0 saturated heterocycles. The summed E-state index contributed by atoms with van der Waals surface area (Å²) in [4.78, 5) is 14.7. The number of nitrogens with two attached hydrogens (primary N) is 1. The lowest BCUT2D eigenvalue weighted by molar-refractivity contribution is -0.122. The Balaban J connectivity index is 0.00000147. The van der Waals surface area contributed by atoms with Crippen molar-refractivity contribution in [1.82, 2.24) is 0 Å². The highest BCUT2D eigenvalue weighted by atomic mass is 35.5. The second-order valence-electron chi connectivity index (χ2n) is 6.00. The monoisotopic (exact) mass is 294 g/mol. The maximum atomic E-state index is 12.7. The van der Waals surface area contributed by atoms with Gasteiger partial charge in [-0.3, -0.25) is 4.79 Å². The first-order valence-corrected chi connectivity index (χ1v) is 7.31. The molecule has 1 saturated carbocycles. The zero-order valence-electron chi connectivity index (χ0n) is 12.0. The molecule has 0 spiro atoms. The number of amides is 1. The fourth-order valence-corrected chi connectivity index (χ4v) is 3.37. The Kier molecular flexibility index (Phi) is 4.71. The average Bonchev–Trinajstić information content (AvgIpc) is 2.84. The summed E-state index contributed by atoms with van der Waals surface area (Å²) < 4.78 is 0. The van der Waals surface area contributed by atoms with Crippen LogP contribution in [-0.2, 0) is 11.2 Å². The zero-order chi connectivity index (χ0) is 13.4. The zero-order valence-corrected chi connectivity index (χ0v) is 12.8. The minimum Gasteiger partial charge on any atom is -0.328 e. The number of benzene rings is 1. The molecule has 1 heterocycles. The molecule has 3 rings (SSSR count). The SMILES string of the molecule is Cc1ccc2c(c1)N(C(=O)C1CCC(N)C1)CCC2.Cl. The highest BCUT2D eigenvalue weighted by Gasteiger charge is 2.33. The Hall–Kier alpha value is -1.06. The molecule has 20 heavy (non-hydrogen) atoms. The van der Waals surface area contributed by atoms with Crippen LogP contribution < -0.4 is 10.6 Å². The molecule has 2 N–H and O–H groups in total. The summed E-state index contributed by atoms with van der Waals surface area (Å²) in [5.41, 5.74) is 9.61. The fourth-order valence-electron chi connectivity index (χ4n) is 3.37. The second kappa shape index (κ2) is 6.15. The predicted molar refractivity (Wildman–Crippen MR) is 84.4 cm³/mol. The first-order chi connectivity index (χ1) is 9.15. The average molecular weight is 295 g/mol. The van der Waals surface area contributed by atoms with E-state index in [1.54, 1.807) is 0 Å². The standard InChI is InChI=1S/C16H22N2O.ClH/c1-11-4-5-12-3-2-8-18(15(12)9-11)16(19)13-6-7-14(17)10-13;/h4-5,9,13-14H,2-3,6-8,10,17H2,1H3;1H. The van der Waals surface area contributed by atoms with Gasteiger partial charge in [-0.15, -0.1) is 12.4 Å². The third kappa shape index (κ3) is 2.84. The minimum absolute atomic E-state index is 0. The van der Waals surface area contributed by atoms with Crippen molar-refractivity contribution in [2.24, 2.45) is 11.7 Å². The first-order valence-electron chi connectivity index (χ1n) is 7.31. The van der Waals surface area contributed by atoms with Crippen molar-refractivity contribution >= 4 is 24.0 Å². The molecular formula is C16H23ClN2O. The van der Waals surface area contributed by atoms with Crippen LogP contribution in [0.1, 0.15) is 36.8 Å². The number of rotatable bonds is 1. The Morgan fingerprint density at radius 3 is 2.85 bits per heavy atom. The molecule has 110 valence electrons. The van der Waals surface area contributed by atoms with E-state index in [0.29, 0.717) is 5.91 Å².